The van der Waals surface area contributed by atoms with E-state index in [9.17, 15) is 5.11 Å². The minimum atomic E-state index is -0.630. The number of rotatable bonds is 3. The van der Waals surface area contributed by atoms with Gasteiger partial charge < -0.3 is 16.6 Å². The van der Waals surface area contributed by atoms with Crippen LogP contribution in [0.3, 0.4) is 0 Å². The van der Waals surface area contributed by atoms with Gasteiger partial charge in [-0.1, -0.05) is 0 Å². The number of anilines is 1. The van der Waals surface area contributed by atoms with Crippen molar-refractivity contribution in [3.05, 3.63) is 22.3 Å². The fraction of sp³-hybridized carbons (Fsp3) is 0.375. The lowest BCUT2D eigenvalue weighted by Crippen LogP contribution is -2.09. The van der Waals surface area contributed by atoms with E-state index in [2.05, 4.69) is 20.9 Å². The van der Waals surface area contributed by atoms with Gasteiger partial charge in [0.05, 0.1) is 6.10 Å². The number of nitrogen functional groups attached to an aromatic ring is 1. The van der Waals surface area contributed by atoms with Crippen LogP contribution in [0, 0.1) is 0 Å². The van der Waals surface area contributed by atoms with E-state index in [0.717, 1.165) is 4.47 Å². The van der Waals surface area contributed by atoms with Crippen LogP contribution >= 0.6 is 15.9 Å². The maximum absolute atomic E-state index is 9.60. The van der Waals surface area contributed by atoms with Gasteiger partial charge in [-0.15, -0.1) is 0 Å². The number of aliphatic hydroxyl groups excluding tert-OH is 1. The molecule has 0 fully saturated rings. The summed E-state index contributed by atoms with van der Waals surface area (Å²) in [6.07, 6.45) is 1.45. The summed E-state index contributed by atoms with van der Waals surface area (Å²) in [5, 5.41) is 9.60. The topological polar surface area (TPSA) is 85.2 Å². The van der Waals surface area contributed by atoms with Gasteiger partial charge in [0, 0.05) is 16.2 Å². The molecule has 0 saturated heterocycles. The third kappa shape index (κ3) is 2.65. The molecular formula is C8H12BrN3O. The summed E-state index contributed by atoms with van der Waals surface area (Å²) >= 11 is 3.26. The molecule has 0 spiro atoms. The number of nitrogens with two attached hydrogens (primary N) is 2. The van der Waals surface area contributed by atoms with Gasteiger partial charge in [0.1, 0.15) is 5.82 Å². The molecule has 0 saturated carbocycles. The second-order valence-electron chi connectivity index (χ2n) is 2.72. The van der Waals surface area contributed by atoms with E-state index in [4.69, 9.17) is 11.5 Å². The summed E-state index contributed by atoms with van der Waals surface area (Å²) in [4.78, 5) is 3.91. The predicted octanol–water partition coefficient (Wildman–Crippen LogP) is 0.809. The zero-order chi connectivity index (χ0) is 9.84. The number of nitrogens with zero attached hydrogens (tertiary/aromatic N) is 1. The summed E-state index contributed by atoms with van der Waals surface area (Å²) < 4.78 is 0.799. The molecule has 1 unspecified atom stereocenters. The lowest BCUT2D eigenvalue weighted by Gasteiger charge is -2.11. The van der Waals surface area contributed by atoms with Gasteiger partial charge in [-0.25, -0.2) is 4.98 Å². The quantitative estimate of drug-likeness (QED) is 0.736. The molecule has 0 bridgehead atoms. The van der Waals surface area contributed by atoms with Crippen molar-refractivity contribution in [3.8, 4) is 0 Å². The van der Waals surface area contributed by atoms with Crippen LogP contribution in [-0.2, 0) is 0 Å². The first kappa shape index (κ1) is 10.4. The van der Waals surface area contributed by atoms with Crippen LogP contribution in [0.25, 0.3) is 0 Å². The Bertz CT molecular complexity index is 293. The molecule has 4 nitrogen and oxygen atoms in total. The Kier molecular flexibility index (Phi) is 3.65. The number of aliphatic hydroxyl groups is 1. The van der Waals surface area contributed by atoms with Gasteiger partial charge in [0.25, 0.3) is 0 Å². The number of hydrogen-bond donors (Lipinski definition) is 3. The van der Waals surface area contributed by atoms with Crippen molar-refractivity contribution in [3.63, 3.8) is 0 Å². The van der Waals surface area contributed by atoms with E-state index < -0.39 is 6.10 Å². The van der Waals surface area contributed by atoms with Crippen LogP contribution in [0.1, 0.15) is 18.1 Å². The van der Waals surface area contributed by atoms with Crippen molar-refractivity contribution in [2.45, 2.75) is 12.5 Å². The number of aromatic nitrogens is 1. The zero-order valence-electron chi connectivity index (χ0n) is 7.07. The number of halogens is 1. The van der Waals surface area contributed by atoms with Crippen LogP contribution in [-0.4, -0.2) is 16.6 Å². The molecule has 0 aromatic carbocycles. The maximum Gasteiger partial charge on any atom is 0.129 e. The van der Waals surface area contributed by atoms with Gasteiger partial charge in [-0.05, 0) is 35.0 Å². The van der Waals surface area contributed by atoms with Crippen molar-refractivity contribution in [2.75, 3.05) is 12.3 Å². The summed E-state index contributed by atoms with van der Waals surface area (Å²) in [6, 6.07) is 1.75. The third-order valence-electron chi connectivity index (χ3n) is 1.72. The van der Waals surface area contributed by atoms with Crippen LogP contribution in [0.4, 0.5) is 5.82 Å². The fourth-order valence-corrected chi connectivity index (χ4v) is 1.39. The second kappa shape index (κ2) is 4.55. The lowest BCUT2D eigenvalue weighted by molar-refractivity contribution is 0.170. The largest absolute Gasteiger partial charge is 0.388 e. The average molecular weight is 246 g/mol. The van der Waals surface area contributed by atoms with Gasteiger partial charge in [0.2, 0.25) is 0 Å². The van der Waals surface area contributed by atoms with Gasteiger partial charge in [-0.2, -0.15) is 0 Å². The molecule has 0 radical (unpaired) electrons. The van der Waals surface area contributed by atoms with E-state index in [1.54, 1.807) is 12.3 Å². The smallest absolute Gasteiger partial charge is 0.129 e. The Morgan fingerprint density at radius 3 is 2.92 bits per heavy atom. The van der Waals surface area contributed by atoms with E-state index in [-0.39, 0.29) is 0 Å². The highest BCUT2D eigenvalue weighted by molar-refractivity contribution is 9.10. The fourth-order valence-electron chi connectivity index (χ4n) is 1.05. The van der Waals surface area contributed by atoms with Crippen molar-refractivity contribution in [1.29, 1.82) is 0 Å². The zero-order valence-corrected chi connectivity index (χ0v) is 8.66. The maximum atomic E-state index is 9.60. The molecule has 5 heteroatoms. The monoisotopic (exact) mass is 245 g/mol. The van der Waals surface area contributed by atoms with Crippen LogP contribution < -0.4 is 11.5 Å². The molecule has 1 heterocycles. The van der Waals surface area contributed by atoms with E-state index in [1.165, 1.54) is 0 Å². The minimum Gasteiger partial charge on any atom is -0.388 e. The molecule has 1 aromatic rings. The Morgan fingerprint density at radius 1 is 1.62 bits per heavy atom. The third-order valence-corrected chi connectivity index (χ3v) is 2.15. The van der Waals surface area contributed by atoms with Crippen molar-refractivity contribution in [1.82, 2.24) is 4.98 Å². The first-order valence-corrected chi connectivity index (χ1v) is 4.73. The SMILES string of the molecule is NCCC(O)c1cc(Br)cnc1N. The Labute approximate surface area is 85.1 Å². The highest BCUT2D eigenvalue weighted by Crippen LogP contribution is 2.23. The molecule has 0 aliphatic rings. The van der Waals surface area contributed by atoms with Crippen LogP contribution in [0.15, 0.2) is 16.7 Å². The molecule has 0 amide bonds. The molecule has 1 rings (SSSR count). The molecule has 13 heavy (non-hydrogen) atoms. The van der Waals surface area contributed by atoms with Crippen molar-refractivity contribution < 1.29 is 5.11 Å². The lowest BCUT2D eigenvalue weighted by atomic mass is 10.1. The standard InChI is InChI=1S/C8H12BrN3O/c9-5-3-6(7(13)1-2-10)8(11)12-4-5/h3-4,7,13H,1-2,10H2,(H2,11,12). The molecule has 1 aromatic heterocycles. The van der Waals surface area contributed by atoms with E-state index >= 15 is 0 Å². The van der Waals surface area contributed by atoms with Crippen molar-refractivity contribution >= 4 is 21.7 Å². The second-order valence-corrected chi connectivity index (χ2v) is 3.64. The number of pyridine rings is 1. The summed E-state index contributed by atoms with van der Waals surface area (Å²) in [7, 11) is 0. The molecule has 5 N–H and O–H groups in total. The molecule has 72 valence electrons. The molecular weight excluding hydrogens is 234 g/mol. The predicted molar refractivity (Wildman–Crippen MR) is 55.0 cm³/mol. The van der Waals surface area contributed by atoms with Crippen LogP contribution in [0.2, 0.25) is 0 Å². The summed E-state index contributed by atoms with van der Waals surface area (Å²) in [5.41, 5.74) is 11.5. The molecule has 1 atom stereocenters. The first-order chi connectivity index (χ1) is 6.15. The molecule has 0 aliphatic heterocycles. The normalized spacial score (nSPS) is 12.8. The summed E-state index contributed by atoms with van der Waals surface area (Å²) in [6.45, 7) is 0.424. The van der Waals surface area contributed by atoms with E-state index in [1.807, 2.05) is 0 Å². The van der Waals surface area contributed by atoms with E-state index in [0.29, 0.717) is 24.3 Å². The molecule has 0 aliphatic carbocycles. The Balaban J connectivity index is 2.91. The highest BCUT2D eigenvalue weighted by Gasteiger charge is 2.11. The summed E-state index contributed by atoms with van der Waals surface area (Å²) in [5.74, 6) is 0.351. The highest BCUT2D eigenvalue weighted by atomic mass is 79.9. The number of hydrogen-bond acceptors (Lipinski definition) is 4. The minimum absolute atomic E-state index is 0.351. The average Bonchev–Trinajstić information content (AvgIpc) is 2.09. The van der Waals surface area contributed by atoms with Gasteiger partial charge in [0.15, 0.2) is 0 Å². The van der Waals surface area contributed by atoms with Crippen LogP contribution in [0.5, 0.6) is 0 Å². The Morgan fingerprint density at radius 2 is 2.31 bits per heavy atom. The Hall–Kier alpha value is -0.650. The van der Waals surface area contributed by atoms with Gasteiger partial charge in [-0.3, -0.25) is 0 Å². The first-order valence-electron chi connectivity index (χ1n) is 3.94. The van der Waals surface area contributed by atoms with Crippen molar-refractivity contribution in [2.24, 2.45) is 5.73 Å². The van der Waals surface area contributed by atoms with Gasteiger partial charge >= 0.3 is 0 Å².